The molecule has 2 atom stereocenters. The van der Waals surface area contributed by atoms with E-state index in [0.717, 1.165) is 17.5 Å². The number of nitrogens with one attached hydrogen (secondary N) is 1. The van der Waals surface area contributed by atoms with Crippen LogP contribution in [0.2, 0.25) is 5.02 Å². The Morgan fingerprint density at radius 1 is 1.18 bits per heavy atom. The Bertz CT molecular complexity index is 1170. The molecule has 0 saturated carbocycles. The van der Waals surface area contributed by atoms with Crippen molar-refractivity contribution in [2.75, 3.05) is 22.9 Å². The van der Waals surface area contributed by atoms with E-state index in [9.17, 15) is 4.55 Å². The number of nitrogens with zero attached hydrogens (tertiary/aromatic N) is 4. The zero-order valence-corrected chi connectivity index (χ0v) is 21.7. The molecule has 0 bridgehead atoms. The second kappa shape index (κ2) is 10.2. The SMILES string of the molecule is CC(C)(C)[S+]([O-])NC1CCN(c2cnc(Sc3ccnc(N)c3Cl)c(N)n2)Cc2ccccc21. The molecule has 3 heterocycles. The molecule has 0 fully saturated rings. The summed E-state index contributed by atoms with van der Waals surface area (Å²) in [4.78, 5) is 16.0. The fraction of sp³-hybridized carbons (Fsp3) is 0.348. The van der Waals surface area contributed by atoms with Crippen molar-refractivity contribution in [3.63, 3.8) is 0 Å². The number of anilines is 3. The van der Waals surface area contributed by atoms with E-state index in [1.807, 2.05) is 32.9 Å². The van der Waals surface area contributed by atoms with Crippen LogP contribution in [-0.2, 0) is 17.9 Å². The van der Waals surface area contributed by atoms with Crippen LogP contribution in [0.3, 0.4) is 0 Å². The lowest BCUT2D eigenvalue weighted by molar-refractivity contribution is 0.514. The van der Waals surface area contributed by atoms with Crippen LogP contribution in [0.15, 0.2) is 52.6 Å². The van der Waals surface area contributed by atoms with Gasteiger partial charge in [-0.1, -0.05) is 47.6 Å². The van der Waals surface area contributed by atoms with Crippen molar-refractivity contribution in [3.8, 4) is 0 Å². The molecule has 1 aromatic carbocycles. The van der Waals surface area contributed by atoms with Gasteiger partial charge in [0.15, 0.2) is 5.82 Å². The van der Waals surface area contributed by atoms with E-state index in [1.165, 1.54) is 11.8 Å². The molecular weight excluding hydrogens is 490 g/mol. The minimum absolute atomic E-state index is 0.0271. The molecule has 34 heavy (non-hydrogen) atoms. The van der Waals surface area contributed by atoms with Gasteiger partial charge >= 0.3 is 0 Å². The van der Waals surface area contributed by atoms with Crippen LogP contribution in [0.1, 0.15) is 44.4 Å². The number of aromatic nitrogens is 3. The van der Waals surface area contributed by atoms with E-state index < -0.39 is 11.4 Å². The number of benzene rings is 1. The van der Waals surface area contributed by atoms with Gasteiger partial charge in [0.25, 0.3) is 0 Å². The first-order chi connectivity index (χ1) is 16.1. The Morgan fingerprint density at radius 3 is 2.68 bits per heavy atom. The maximum atomic E-state index is 12.8. The van der Waals surface area contributed by atoms with Crippen LogP contribution in [0.25, 0.3) is 0 Å². The summed E-state index contributed by atoms with van der Waals surface area (Å²) in [6, 6.07) is 9.97. The van der Waals surface area contributed by atoms with Crippen LogP contribution in [0, 0.1) is 0 Å². The second-order valence-electron chi connectivity index (χ2n) is 8.99. The Kier molecular flexibility index (Phi) is 7.44. The Morgan fingerprint density at radius 2 is 1.94 bits per heavy atom. The normalized spacial score (nSPS) is 17.2. The molecule has 11 heteroatoms. The first-order valence-electron chi connectivity index (χ1n) is 10.8. The number of fused-ring (bicyclic) bond motifs is 1. The van der Waals surface area contributed by atoms with Crippen molar-refractivity contribution in [1.82, 2.24) is 19.7 Å². The molecule has 1 aliphatic heterocycles. The lowest BCUT2D eigenvalue weighted by atomic mass is 10.0. The summed E-state index contributed by atoms with van der Waals surface area (Å²) in [6.45, 7) is 7.27. The number of hydrogen-bond acceptors (Lipinski definition) is 9. The molecule has 8 nitrogen and oxygen atoms in total. The van der Waals surface area contributed by atoms with Gasteiger partial charge in [0, 0.05) is 35.5 Å². The predicted octanol–water partition coefficient (Wildman–Crippen LogP) is 4.34. The Labute approximate surface area is 212 Å². The molecule has 0 saturated heterocycles. The highest BCUT2D eigenvalue weighted by molar-refractivity contribution is 7.99. The van der Waals surface area contributed by atoms with Gasteiger partial charge in [-0.2, -0.15) is 0 Å². The highest BCUT2D eigenvalue weighted by atomic mass is 35.5. The monoisotopic (exact) mass is 517 g/mol. The number of nitrogen functional groups attached to an aromatic ring is 2. The van der Waals surface area contributed by atoms with Gasteiger partial charge in [-0.3, -0.25) is 0 Å². The van der Waals surface area contributed by atoms with Crippen molar-refractivity contribution < 1.29 is 4.55 Å². The van der Waals surface area contributed by atoms with Crippen LogP contribution in [0.5, 0.6) is 0 Å². The first-order valence-corrected chi connectivity index (χ1v) is 13.2. The summed E-state index contributed by atoms with van der Waals surface area (Å²) in [5, 5.41) is 0.916. The van der Waals surface area contributed by atoms with Crippen molar-refractivity contribution in [2.45, 2.75) is 54.4 Å². The summed E-state index contributed by atoms with van der Waals surface area (Å²) < 4.78 is 15.8. The zero-order valence-electron chi connectivity index (χ0n) is 19.3. The third-order valence-electron chi connectivity index (χ3n) is 5.45. The molecule has 3 aromatic rings. The average molecular weight is 518 g/mol. The van der Waals surface area contributed by atoms with Crippen LogP contribution < -0.4 is 21.1 Å². The minimum atomic E-state index is -1.18. The maximum absolute atomic E-state index is 12.8. The standard InChI is InChI=1S/C23H28ClN7OS2/c1-23(2,3)34(32)30-16-9-11-31(13-14-6-4-5-7-15(14)16)18-12-28-22(21(26)29-18)33-17-8-10-27-20(25)19(17)24/h4-8,10,12,16,30H,9,11,13H2,1-3H3,(H2,25,27)(H2,26,29). The molecule has 0 radical (unpaired) electrons. The maximum Gasteiger partial charge on any atom is 0.158 e. The lowest BCUT2D eigenvalue weighted by Crippen LogP contribution is -2.41. The highest BCUT2D eigenvalue weighted by Crippen LogP contribution is 2.37. The van der Waals surface area contributed by atoms with Gasteiger partial charge in [-0.15, -0.1) is 4.72 Å². The summed E-state index contributed by atoms with van der Waals surface area (Å²) in [7, 11) is 0. The van der Waals surface area contributed by atoms with Gasteiger partial charge in [0.2, 0.25) is 0 Å². The van der Waals surface area contributed by atoms with E-state index in [0.29, 0.717) is 39.7 Å². The number of nitrogens with two attached hydrogens (primary N) is 2. The van der Waals surface area contributed by atoms with Crippen LogP contribution >= 0.6 is 23.4 Å². The van der Waals surface area contributed by atoms with Crippen LogP contribution in [-0.4, -0.2) is 30.8 Å². The molecule has 1 aliphatic rings. The number of hydrogen-bond donors (Lipinski definition) is 3. The summed E-state index contributed by atoms with van der Waals surface area (Å²) in [6.07, 6.45) is 4.08. The topological polar surface area (TPSA) is 129 Å². The van der Waals surface area contributed by atoms with Crippen molar-refractivity contribution in [2.24, 2.45) is 0 Å². The molecule has 2 unspecified atom stereocenters. The quantitative estimate of drug-likeness (QED) is 0.423. The number of pyridine rings is 1. The van der Waals surface area contributed by atoms with Gasteiger partial charge in [-0.25, -0.2) is 15.0 Å². The van der Waals surface area contributed by atoms with E-state index in [1.54, 1.807) is 18.5 Å². The molecule has 5 N–H and O–H groups in total. The molecule has 0 spiro atoms. The van der Waals surface area contributed by atoms with Crippen molar-refractivity contribution in [1.29, 1.82) is 0 Å². The molecule has 2 aromatic heterocycles. The minimum Gasteiger partial charge on any atom is -0.598 e. The van der Waals surface area contributed by atoms with Gasteiger partial charge in [0.05, 0.1) is 17.3 Å². The Balaban J connectivity index is 1.56. The highest BCUT2D eigenvalue weighted by Gasteiger charge is 2.32. The van der Waals surface area contributed by atoms with E-state index in [-0.39, 0.29) is 16.6 Å². The molecular formula is C23H28ClN7OS2. The molecule has 0 amide bonds. The van der Waals surface area contributed by atoms with Gasteiger partial charge < -0.3 is 20.9 Å². The van der Waals surface area contributed by atoms with E-state index in [4.69, 9.17) is 23.1 Å². The number of rotatable bonds is 5. The molecule has 180 valence electrons. The third kappa shape index (κ3) is 5.52. The van der Waals surface area contributed by atoms with Crippen LogP contribution in [0.4, 0.5) is 17.5 Å². The predicted molar refractivity (Wildman–Crippen MR) is 140 cm³/mol. The zero-order chi connectivity index (χ0) is 24.5. The fourth-order valence-corrected chi connectivity index (χ4v) is 5.48. The second-order valence-corrected chi connectivity index (χ2v) is 12.4. The largest absolute Gasteiger partial charge is 0.598 e. The third-order valence-corrected chi connectivity index (χ3v) is 8.64. The van der Waals surface area contributed by atoms with Crippen molar-refractivity contribution >= 4 is 52.2 Å². The van der Waals surface area contributed by atoms with E-state index in [2.05, 4.69) is 36.7 Å². The van der Waals surface area contributed by atoms with Gasteiger partial charge in [0.1, 0.15) is 21.4 Å². The van der Waals surface area contributed by atoms with E-state index >= 15 is 0 Å². The summed E-state index contributed by atoms with van der Waals surface area (Å²) >= 11 is 6.38. The summed E-state index contributed by atoms with van der Waals surface area (Å²) in [5.41, 5.74) is 14.4. The van der Waals surface area contributed by atoms with Gasteiger partial charge in [-0.05, 0) is 44.4 Å². The lowest BCUT2D eigenvalue weighted by Gasteiger charge is -2.28. The average Bonchev–Trinajstić information content (AvgIpc) is 2.97. The smallest absolute Gasteiger partial charge is 0.158 e. The Hall–Kier alpha value is -2.24. The first kappa shape index (κ1) is 24.9. The molecule has 4 rings (SSSR count). The number of halogens is 1. The summed E-state index contributed by atoms with van der Waals surface area (Å²) in [5.74, 6) is 1.26. The fourth-order valence-electron chi connectivity index (χ4n) is 3.61. The van der Waals surface area contributed by atoms with Crippen molar-refractivity contribution in [3.05, 3.63) is 58.9 Å². The molecule has 0 aliphatic carbocycles.